The Morgan fingerprint density at radius 2 is 2.04 bits per heavy atom. The zero-order chi connectivity index (χ0) is 20.9. The lowest BCUT2D eigenvalue weighted by Gasteiger charge is -2.25. The van der Waals surface area contributed by atoms with E-state index in [0.717, 1.165) is 4.47 Å². The standard InChI is InChI=1S/C18H25BrN3O5S/c1-12(18(20)25)4-9-17(24)21-15-3-2-10-22(11-16(15)23)28(26,27)14-7-5-13(19)6-8-14/h5-9,12,15-16,23H,2-4,10-11H2,1H3,(H2,20,25)(H,21,24)/t12?,15?,16-/m0/s1. The first-order valence-electron chi connectivity index (χ1n) is 8.98. The average Bonchev–Trinajstić information content (AvgIpc) is 2.82. The van der Waals surface area contributed by atoms with Crippen LogP contribution in [0.4, 0.5) is 0 Å². The summed E-state index contributed by atoms with van der Waals surface area (Å²) in [5.74, 6) is -1.37. The fraction of sp³-hybridized carbons (Fsp3) is 0.500. The number of carbonyl (C=O) groups excluding carboxylic acids is 2. The van der Waals surface area contributed by atoms with Gasteiger partial charge >= 0.3 is 0 Å². The Hall–Kier alpha value is -1.49. The van der Waals surface area contributed by atoms with Crippen molar-refractivity contribution < 1.29 is 23.1 Å². The number of nitrogens with zero attached hydrogens (tertiary/aromatic N) is 1. The Morgan fingerprint density at radius 1 is 1.39 bits per heavy atom. The average molecular weight is 475 g/mol. The van der Waals surface area contributed by atoms with Crippen LogP contribution < -0.4 is 11.1 Å². The Labute approximate surface area is 173 Å². The lowest BCUT2D eigenvalue weighted by molar-refractivity contribution is -0.121. The molecule has 1 aromatic carbocycles. The van der Waals surface area contributed by atoms with Gasteiger partial charge in [0.25, 0.3) is 0 Å². The van der Waals surface area contributed by atoms with E-state index in [-0.39, 0.29) is 24.4 Å². The van der Waals surface area contributed by atoms with Gasteiger partial charge in [-0.3, -0.25) is 9.59 Å². The summed E-state index contributed by atoms with van der Waals surface area (Å²) in [6, 6.07) is 5.73. The van der Waals surface area contributed by atoms with E-state index in [2.05, 4.69) is 21.2 Å². The maximum atomic E-state index is 12.8. The van der Waals surface area contributed by atoms with E-state index in [4.69, 9.17) is 5.73 Å². The van der Waals surface area contributed by atoms with Crippen LogP contribution in [0.2, 0.25) is 0 Å². The number of sulfonamides is 1. The van der Waals surface area contributed by atoms with Crippen molar-refractivity contribution in [3.05, 3.63) is 35.2 Å². The first kappa shape index (κ1) is 22.8. The summed E-state index contributed by atoms with van der Waals surface area (Å²) in [6.45, 7) is 1.77. The minimum Gasteiger partial charge on any atom is -0.390 e. The number of rotatable bonds is 7. The second-order valence-corrected chi connectivity index (χ2v) is 9.74. The van der Waals surface area contributed by atoms with Gasteiger partial charge in [-0.25, -0.2) is 8.42 Å². The van der Waals surface area contributed by atoms with Crippen molar-refractivity contribution in [2.45, 2.75) is 43.2 Å². The van der Waals surface area contributed by atoms with E-state index in [1.807, 2.05) is 0 Å². The molecule has 0 spiro atoms. The number of halogens is 1. The molecule has 0 saturated carbocycles. The van der Waals surface area contributed by atoms with Gasteiger partial charge in [0, 0.05) is 23.5 Å². The van der Waals surface area contributed by atoms with Crippen LogP contribution in [-0.2, 0) is 19.6 Å². The van der Waals surface area contributed by atoms with Crippen molar-refractivity contribution in [2.24, 2.45) is 11.7 Å². The molecule has 1 saturated heterocycles. The number of amides is 2. The molecule has 8 nitrogen and oxygen atoms in total. The molecular weight excluding hydrogens is 450 g/mol. The highest BCUT2D eigenvalue weighted by atomic mass is 79.9. The maximum absolute atomic E-state index is 12.8. The van der Waals surface area contributed by atoms with Crippen LogP contribution in [0, 0.1) is 12.3 Å². The summed E-state index contributed by atoms with van der Waals surface area (Å²) >= 11 is 3.27. The highest BCUT2D eigenvalue weighted by Crippen LogP contribution is 2.22. The number of aliphatic hydroxyl groups excluding tert-OH is 1. The van der Waals surface area contributed by atoms with Crippen LogP contribution in [0.1, 0.15) is 26.2 Å². The first-order valence-corrected chi connectivity index (χ1v) is 11.2. The van der Waals surface area contributed by atoms with Crippen molar-refractivity contribution in [1.29, 1.82) is 0 Å². The van der Waals surface area contributed by atoms with Crippen molar-refractivity contribution in [1.82, 2.24) is 9.62 Å². The summed E-state index contributed by atoms with van der Waals surface area (Å²) in [6.07, 6.45) is 1.42. The second kappa shape index (κ2) is 9.82. The van der Waals surface area contributed by atoms with Crippen LogP contribution in [0.3, 0.4) is 0 Å². The highest BCUT2D eigenvalue weighted by Gasteiger charge is 2.33. The van der Waals surface area contributed by atoms with Gasteiger partial charge in [-0.1, -0.05) is 22.9 Å². The zero-order valence-corrected chi connectivity index (χ0v) is 17.9. The summed E-state index contributed by atoms with van der Waals surface area (Å²) in [5, 5.41) is 13.2. The molecule has 4 N–H and O–H groups in total. The molecular formula is C18H25BrN3O5S. The molecule has 28 heavy (non-hydrogen) atoms. The van der Waals surface area contributed by atoms with Crippen molar-refractivity contribution in [2.75, 3.05) is 13.1 Å². The van der Waals surface area contributed by atoms with E-state index in [1.165, 1.54) is 22.9 Å². The molecule has 0 aliphatic carbocycles. The molecule has 1 aliphatic heterocycles. The van der Waals surface area contributed by atoms with Gasteiger partial charge in [0.1, 0.15) is 0 Å². The van der Waals surface area contributed by atoms with Crippen LogP contribution >= 0.6 is 15.9 Å². The van der Waals surface area contributed by atoms with Gasteiger partial charge in [-0.05, 0) is 43.5 Å². The molecule has 10 heteroatoms. The number of benzene rings is 1. The predicted molar refractivity (Wildman–Crippen MR) is 107 cm³/mol. The molecule has 0 aromatic heterocycles. The molecule has 1 fully saturated rings. The smallest absolute Gasteiger partial charge is 0.243 e. The number of β-amino-alcohol motifs (C(OH)–C–C–N with tert-alkyl or cyclic N) is 1. The third-order valence-electron chi connectivity index (χ3n) is 4.70. The monoisotopic (exact) mass is 474 g/mol. The van der Waals surface area contributed by atoms with Gasteiger partial charge in [0.05, 0.1) is 23.5 Å². The fourth-order valence-electron chi connectivity index (χ4n) is 2.89. The van der Waals surface area contributed by atoms with E-state index < -0.39 is 39.9 Å². The summed E-state index contributed by atoms with van der Waals surface area (Å²) in [5.41, 5.74) is 5.17. The zero-order valence-electron chi connectivity index (χ0n) is 15.5. The number of aliphatic hydroxyl groups is 1. The van der Waals surface area contributed by atoms with Crippen molar-refractivity contribution >= 4 is 37.8 Å². The van der Waals surface area contributed by atoms with Crippen molar-refractivity contribution in [3.8, 4) is 0 Å². The maximum Gasteiger partial charge on any atom is 0.243 e. The van der Waals surface area contributed by atoms with Gasteiger partial charge in [-0.15, -0.1) is 0 Å². The quantitative estimate of drug-likeness (QED) is 0.537. The van der Waals surface area contributed by atoms with E-state index >= 15 is 0 Å². The summed E-state index contributed by atoms with van der Waals surface area (Å²) < 4.78 is 27.7. The van der Waals surface area contributed by atoms with E-state index in [0.29, 0.717) is 12.8 Å². The number of nitrogens with two attached hydrogens (primary N) is 1. The summed E-state index contributed by atoms with van der Waals surface area (Å²) in [7, 11) is -3.74. The molecule has 1 aliphatic rings. The topological polar surface area (TPSA) is 130 Å². The lowest BCUT2D eigenvalue weighted by Crippen LogP contribution is -2.47. The van der Waals surface area contributed by atoms with Crippen LogP contribution in [0.25, 0.3) is 0 Å². The molecule has 2 amide bonds. The molecule has 1 heterocycles. The normalized spacial score (nSPS) is 22.2. The number of nitrogens with one attached hydrogen (secondary N) is 1. The van der Waals surface area contributed by atoms with Crippen LogP contribution in [0.5, 0.6) is 0 Å². The minimum atomic E-state index is -3.74. The summed E-state index contributed by atoms with van der Waals surface area (Å²) in [4.78, 5) is 23.2. The van der Waals surface area contributed by atoms with Crippen LogP contribution in [0.15, 0.2) is 33.6 Å². The molecule has 2 rings (SSSR count). The number of primary amides is 1. The minimum absolute atomic E-state index is 0.110. The molecule has 0 bridgehead atoms. The fourth-order valence-corrected chi connectivity index (χ4v) is 4.65. The Balaban J connectivity index is 1.98. The molecule has 1 aromatic rings. The SMILES string of the molecule is CC(C[CH]C(=O)NC1CCCN(S(=O)(=O)c2ccc(Br)cc2)C[C@@H]1O)C(N)=O. The number of hydrogen-bond acceptors (Lipinski definition) is 5. The predicted octanol–water partition coefficient (Wildman–Crippen LogP) is 0.795. The Morgan fingerprint density at radius 3 is 2.64 bits per heavy atom. The largest absolute Gasteiger partial charge is 0.390 e. The Kier molecular flexibility index (Phi) is 7.99. The van der Waals surface area contributed by atoms with Gasteiger partial charge in [0.2, 0.25) is 21.8 Å². The molecule has 155 valence electrons. The molecule has 2 unspecified atom stereocenters. The van der Waals surface area contributed by atoms with Crippen molar-refractivity contribution in [3.63, 3.8) is 0 Å². The van der Waals surface area contributed by atoms with Gasteiger partial charge in [0.15, 0.2) is 0 Å². The third kappa shape index (κ3) is 6.00. The lowest BCUT2D eigenvalue weighted by atomic mass is 10.0. The van der Waals surface area contributed by atoms with E-state index in [9.17, 15) is 23.1 Å². The van der Waals surface area contributed by atoms with Crippen LogP contribution in [-0.4, -0.2) is 54.9 Å². The van der Waals surface area contributed by atoms with E-state index in [1.54, 1.807) is 19.1 Å². The Bertz CT molecular complexity index is 800. The van der Waals surface area contributed by atoms with Gasteiger partial charge < -0.3 is 16.2 Å². The number of hydrogen-bond donors (Lipinski definition) is 3. The second-order valence-electron chi connectivity index (χ2n) is 6.88. The molecule has 3 atom stereocenters. The number of carbonyl (C=O) groups is 2. The third-order valence-corrected chi connectivity index (χ3v) is 7.11. The highest BCUT2D eigenvalue weighted by molar-refractivity contribution is 9.10. The van der Waals surface area contributed by atoms with Gasteiger partial charge in [-0.2, -0.15) is 4.31 Å². The first-order chi connectivity index (χ1) is 13.1. The molecule has 1 radical (unpaired) electrons.